The number of rotatable bonds is 6. The zero-order valence-corrected chi connectivity index (χ0v) is 11.5. The SMILES string of the molecule is C#CCNC(=O)COC(=O)[C@@H](C)Oc1ccc(C#N)cc1. The van der Waals surface area contributed by atoms with Crippen molar-refractivity contribution in [3.8, 4) is 24.2 Å². The van der Waals surface area contributed by atoms with Crippen LogP contribution in [0.15, 0.2) is 24.3 Å². The van der Waals surface area contributed by atoms with Crippen molar-refractivity contribution in [1.82, 2.24) is 5.32 Å². The maximum atomic E-state index is 11.6. The normalized spacial score (nSPS) is 10.6. The van der Waals surface area contributed by atoms with E-state index in [0.29, 0.717) is 11.3 Å². The summed E-state index contributed by atoms with van der Waals surface area (Å²) in [6.07, 6.45) is 4.10. The third-order valence-electron chi connectivity index (χ3n) is 2.36. The van der Waals surface area contributed by atoms with Crippen molar-refractivity contribution in [3.63, 3.8) is 0 Å². The third-order valence-corrected chi connectivity index (χ3v) is 2.36. The molecule has 6 heteroatoms. The Hall–Kier alpha value is -2.99. The second-order valence-corrected chi connectivity index (χ2v) is 3.98. The smallest absolute Gasteiger partial charge is 0.347 e. The van der Waals surface area contributed by atoms with E-state index in [-0.39, 0.29) is 6.54 Å². The molecule has 0 fully saturated rings. The first kappa shape index (κ1) is 16.1. The summed E-state index contributed by atoms with van der Waals surface area (Å²) < 4.78 is 10.1. The lowest BCUT2D eigenvalue weighted by molar-refractivity contribution is -0.154. The van der Waals surface area contributed by atoms with Gasteiger partial charge in [-0.15, -0.1) is 6.42 Å². The molecule has 6 nitrogen and oxygen atoms in total. The van der Waals surface area contributed by atoms with Gasteiger partial charge in [-0.1, -0.05) is 5.92 Å². The van der Waals surface area contributed by atoms with E-state index in [1.165, 1.54) is 6.92 Å². The lowest BCUT2D eigenvalue weighted by Crippen LogP contribution is -2.33. The molecule has 0 unspecified atom stereocenters. The van der Waals surface area contributed by atoms with Gasteiger partial charge in [0.1, 0.15) is 5.75 Å². The van der Waals surface area contributed by atoms with Crippen molar-refractivity contribution in [2.75, 3.05) is 13.2 Å². The molecule has 1 N–H and O–H groups in total. The summed E-state index contributed by atoms with van der Waals surface area (Å²) in [5.41, 5.74) is 0.489. The van der Waals surface area contributed by atoms with Gasteiger partial charge in [0.25, 0.3) is 5.91 Å². The third kappa shape index (κ3) is 5.66. The second-order valence-electron chi connectivity index (χ2n) is 3.98. The minimum absolute atomic E-state index is 0.0771. The Balaban J connectivity index is 2.42. The summed E-state index contributed by atoms with van der Waals surface area (Å²) >= 11 is 0. The molecule has 108 valence electrons. The number of nitriles is 1. The molecule has 0 heterocycles. The molecule has 0 aromatic heterocycles. The standard InChI is InChI=1S/C15H14N2O4/c1-3-8-17-14(18)10-20-15(19)11(2)21-13-6-4-12(9-16)5-7-13/h1,4-7,11H,8,10H2,2H3,(H,17,18)/t11-/m1/s1. The summed E-state index contributed by atoms with van der Waals surface area (Å²) in [4.78, 5) is 22.8. The molecule has 1 aromatic carbocycles. The maximum absolute atomic E-state index is 11.6. The topological polar surface area (TPSA) is 88.4 Å². The van der Waals surface area contributed by atoms with Crippen LogP contribution in [0.1, 0.15) is 12.5 Å². The monoisotopic (exact) mass is 286 g/mol. The molecule has 1 aromatic rings. The largest absolute Gasteiger partial charge is 0.479 e. The van der Waals surface area contributed by atoms with Crippen LogP contribution in [0.5, 0.6) is 5.75 Å². The quantitative estimate of drug-likeness (QED) is 0.611. The molecular formula is C15H14N2O4. The molecule has 0 radical (unpaired) electrons. The number of esters is 1. The predicted molar refractivity (Wildman–Crippen MR) is 74.0 cm³/mol. The van der Waals surface area contributed by atoms with Gasteiger partial charge in [-0.05, 0) is 31.2 Å². The van der Waals surface area contributed by atoms with E-state index >= 15 is 0 Å². The number of hydrogen-bond acceptors (Lipinski definition) is 5. The van der Waals surface area contributed by atoms with Crippen LogP contribution in [0.3, 0.4) is 0 Å². The Labute approximate surface area is 122 Å². The number of benzene rings is 1. The fourth-order valence-corrected chi connectivity index (χ4v) is 1.31. The van der Waals surface area contributed by atoms with Crippen LogP contribution in [0, 0.1) is 23.7 Å². The van der Waals surface area contributed by atoms with Crippen molar-refractivity contribution in [2.45, 2.75) is 13.0 Å². The first-order chi connectivity index (χ1) is 10.1. The van der Waals surface area contributed by atoms with Crippen LogP contribution in [-0.2, 0) is 14.3 Å². The Morgan fingerprint density at radius 2 is 2.05 bits per heavy atom. The lowest BCUT2D eigenvalue weighted by Gasteiger charge is -2.13. The van der Waals surface area contributed by atoms with Crippen LogP contribution in [-0.4, -0.2) is 31.1 Å². The fraction of sp³-hybridized carbons (Fsp3) is 0.267. The Morgan fingerprint density at radius 1 is 1.38 bits per heavy atom. The molecule has 1 atom stereocenters. The number of ether oxygens (including phenoxy) is 2. The first-order valence-electron chi connectivity index (χ1n) is 6.10. The zero-order chi connectivity index (χ0) is 15.7. The van der Waals surface area contributed by atoms with Crippen molar-refractivity contribution < 1.29 is 19.1 Å². The van der Waals surface area contributed by atoms with Gasteiger partial charge in [0.15, 0.2) is 12.7 Å². The predicted octanol–water partition coefficient (Wildman–Crippen LogP) is 0.618. The number of nitrogens with zero attached hydrogens (tertiary/aromatic N) is 1. The van der Waals surface area contributed by atoms with Crippen molar-refractivity contribution in [2.24, 2.45) is 0 Å². The number of terminal acetylenes is 1. The number of hydrogen-bond donors (Lipinski definition) is 1. The first-order valence-corrected chi connectivity index (χ1v) is 6.10. The van der Waals surface area contributed by atoms with Crippen LogP contribution < -0.4 is 10.1 Å². The zero-order valence-electron chi connectivity index (χ0n) is 11.5. The molecular weight excluding hydrogens is 272 g/mol. The van der Waals surface area contributed by atoms with Crippen molar-refractivity contribution >= 4 is 11.9 Å². The highest BCUT2D eigenvalue weighted by Gasteiger charge is 2.17. The average Bonchev–Trinajstić information content (AvgIpc) is 2.51. The van der Waals surface area contributed by atoms with E-state index in [9.17, 15) is 9.59 Å². The molecule has 0 aliphatic rings. The molecule has 1 amide bonds. The molecule has 0 saturated heterocycles. The van der Waals surface area contributed by atoms with Crippen LogP contribution in [0.4, 0.5) is 0 Å². The Morgan fingerprint density at radius 3 is 2.62 bits per heavy atom. The second kappa shape index (κ2) is 8.23. The molecule has 0 aliphatic carbocycles. The summed E-state index contributed by atoms with van der Waals surface area (Å²) in [6, 6.07) is 8.26. The van der Waals surface area contributed by atoms with Gasteiger partial charge in [-0.3, -0.25) is 4.79 Å². The van der Waals surface area contributed by atoms with E-state index in [0.717, 1.165) is 0 Å². The minimum Gasteiger partial charge on any atom is -0.479 e. The lowest BCUT2D eigenvalue weighted by atomic mass is 10.2. The highest BCUT2D eigenvalue weighted by Crippen LogP contribution is 2.13. The van der Waals surface area contributed by atoms with Gasteiger partial charge in [-0.2, -0.15) is 5.26 Å². The van der Waals surface area contributed by atoms with Crippen molar-refractivity contribution in [1.29, 1.82) is 5.26 Å². The molecule has 1 rings (SSSR count). The van der Waals surface area contributed by atoms with Gasteiger partial charge >= 0.3 is 5.97 Å². The van der Waals surface area contributed by atoms with E-state index in [1.54, 1.807) is 24.3 Å². The molecule has 0 spiro atoms. The average molecular weight is 286 g/mol. The van der Waals surface area contributed by atoms with E-state index < -0.39 is 24.6 Å². The van der Waals surface area contributed by atoms with Crippen LogP contribution in [0.2, 0.25) is 0 Å². The van der Waals surface area contributed by atoms with Gasteiger partial charge in [-0.25, -0.2) is 4.79 Å². The molecule has 0 aliphatic heterocycles. The summed E-state index contributed by atoms with van der Waals surface area (Å²) in [7, 11) is 0. The molecule has 0 bridgehead atoms. The van der Waals surface area contributed by atoms with Gasteiger partial charge < -0.3 is 14.8 Å². The fourth-order valence-electron chi connectivity index (χ4n) is 1.31. The van der Waals surface area contributed by atoms with Gasteiger partial charge in [0.05, 0.1) is 18.2 Å². The highest BCUT2D eigenvalue weighted by molar-refractivity contribution is 5.82. The minimum atomic E-state index is -0.877. The summed E-state index contributed by atoms with van der Waals surface area (Å²) in [5.74, 6) is 1.51. The Kier molecular flexibility index (Phi) is 6.30. The maximum Gasteiger partial charge on any atom is 0.347 e. The summed E-state index contributed by atoms with van der Waals surface area (Å²) in [5, 5.41) is 11.0. The number of carbonyl (C=O) groups excluding carboxylic acids is 2. The van der Waals surface area contributed by atoms with E-state index in [1.807, 2.05) is 6.07 Å². The molecule has 21 heavy (non-hydrogen) atoms. The van der Waals surface area contributed by atoms with Crippen molar-refractivity contribution in [3.05, 3.63) is 29.8 Å². The van der Waals surface area contributed by atoms with E-state index in [2.05, 4.69) is 11.2 Å². The number of amides is 1. The van der Waals surface area contributed by atoms with Crippen LogP contribution >= 0.6 is 0 Å². The van der Waals surface area contributed by atoms with Gasteiger partial charge in [0.2, 0.25) is 0 Å². The summed E-state index contributed by atoms with van der Waals surface area (Å²) in [6.45, 7) is 1.16. The van der Waals surface area contributed by atoms with Gasteiger partial charge in [0, 0.05) is 0 Å². The number of carbonyl (C=O) groups is 2. The van der Waals surface area contributed by atoms with Crippen LogP contribution in [0.25, 0.3) is 0 Å². The van der Waals surface area contributed by atoms with E-state index in [4.69, 9.17) is 21.2 Å². The highest BCUT2D eigenvalue weighted by atomic mass is 16.6. The molecule has 0 saturated carbocycles. The Bertz CT molecular complexity index is 581. The number of nitrogens with one attached hydrogen (secondary N) is 1.